The van der Waals surface area contributed by atoms with Gasteiger partial charge in [0.2, 0.25) is 5.88 Å². The van der Waals surface area contributed by atoms with E-state index in [1.54, 1.807) is 6.20 Å². The Balaban J connectivity index is 2.13. The van der Waals surface area contributed by atoms with Gasteiger partial charge in [-0.2, -0.15) is 0 Å². The summed E-state index contributed by atoms with van der Waals surface area (Å²) in [6, 6.07) is 7.90. The van der Waals surface area contributed by atoms with Crippen LogP contribution in [0.2, 0.25) is 0 Å². The lowest BCUT2D eigenvalue weighted by Gasteiger charge is -2.08. The highest BCUT2D eigenvalue weighted by Gasteiger charge is 2.05. The molecule has 18 heavy (non-hydrogen) atoms. The van der Waals surface area contributed by atoms with Gasteiger partial charge >= 0.3 is 0 Å². The number of aliphatic hydroxyl groups excluding tert-OH is 1. The smallest absolute Gasteiger partial charge is 0.227 e. The third kappa shape index (κ3) is 3.05. The first kappa shape index (κ1) is 12.5. The highest BCUT2D eigenvalue weighted by Crippen LogP contribution is 2.22. The first-order chi connectivity index (χ1) is 8.83. The molecule has 0 aliphatic heterocycles. The fourth-order valence-corrected chi connectivity index (χ4v) is 1.67. The SMILES string of the molecule is CCCc1ccc(Oc2ncncc2CO)cc1. The van der Waals surface area contributed by atoms with E-state index < -0.39 is 0 Å². The van der Waals surface area contributed by atoms with Gasteiger partial charge in [0.1, 0.15) is 12.1 Å². The van der Waals surface area contributed by atoms with Crippen LogP contribution in [0.4, 0.5) is 0 Å². The maximum atomic E-state index is 9.15. The zero-order valence-corrected chi connectivity index (χ0v) is 10.3. The van der Waals surface area contributed by atoms with Crippen LogP contribution >= 0.6 is 0 Å². The molecule has 1 N–H and O–H groups in total. The minimum atomic E-state index is -0.135. The van der Waals surface area contributed by atoms with Gasteiger partial charge in [-0.3, -0.25) is 0 Å². The van der Waals surface area contributed by atoms with E-state index in [-0.39, 0.29) is 6.61 Å². The molecule has 1 aromatic carbocycles. The predicted molar refractivity (Wildman–Crippen MR) is 68.5 cm³/mol. The van der Waals surface area contributed by atoms with Crippen LogP contribution in [-0.2, 0) is 13.0 Å². The van der Waals surface area contributed by atoms with Gasteiger partial charge in [0.05, 0.1) is 12.2 Å². The highest BCUT2D eigenvalue weighted by atomic mass is 16.5. The van der Waals surface area contributed by atoms with E-state index in [0.717, 1.165) is 12.8 Å². The Bertz CT molecular complexity index is 497. The number of hydrogen-bond donors (Lipinski definition) is 1. The fourth-order valence-electron chi connectivity index (χ4n) is 1.67. The van der Waals surface area contributed by atoms with E-state index in [9.17, 15) is 0 Å². The van der Waals surface area contributed by atoms with Crippen molar-refractivity contribution >= 4 is 0 Å². The number of rotatable bonds is 5. The Morgan fingerprint density at radius 2 is 2.00 bits per heavy atom. The molecule has 94 valence electrons. The van der Waals surface area contributed by atoms with Crippen molar-refractivity contribution in [3.63, 3.8) is 0 Å². The molecule has 0 aliphatic rings. The highest BCUT2D eigenvalue weighted by molar-refractivity contribution is 5.32. The number of aliphatic hydroxyl groups is 1. The summed E-state index contributed by atoms with van der Waals surface area (Å²) < 4.78 is 5.62. The molecule has 1 heterocycles. The molecule has 0 fully saturated rings. The van der Waals surface area contributed by atoms with E-state index in [1.165, 1.54) is 11.9 Å². The van der Waals surface area contributed by atoms with Crippen LogP contribution in [-0.4, -0.2) is 15.1 Å². The van der Waals surface area contributed by atoms with Crippen LogP contribution < -0.4 is 4.74 Å². The summed E-state index contributed by atoms with van der Waals surface area (Å²) in [5.74, 6) is 1.11. The normalized spacial score (nSPS) is 10.3. The molecule has 0 atom stereocenters. The summed E-state index contributed by atoms with van der Waals surface area (Å²) >= 11 is 0. The number of nitrogens with zero attached hydrogens (tertiary/aromatic N) is 2. The number of benzene rings is 1. The monoisotopic (exact) mass is 244 g/mol. The average Bonchev–Trinajstić information content (AvgIpc) is 2.42. The van der Waals surface area contributed by atoms with E-state index in [4.69, 9.17) is 9.84 Å². The maximum absolute atomic E-state index is 9.15. The van der Waals surface area contributed by atoms with Gasteiger partial charge in [-0.25, -0.2) is 9.97 Å². The van der Waals surface area contributed by atoms with Gasteiger partial charge in [0, 0.05) is 6.20 Å². The lowest BCUT2D eigenvalue weighted by Crippen LogP contribution is -1.95. The van der Waals surface area contributed by atoms with Gasteiger partial charge in [0.15, 0.2) is 0 Å². The summed E-state index contributed by atoms with van der Waals surface area (Å²) in [5.41, 5.74) is 1.87. The van der Waals surface area contributed by atoms with E-state index >= 15 is 0 Å². The minimum Gasteiger partial charge on any atom is -0.439 e. The van der Waals surface area contributed by atoms with E-state index in [0.29, 0.717) is 17.2 Å². The molecule has 0 saturated carbocycles. The first-order valence-electron chi connectivity index (χ1n) is 6.00. The molecular formula is C14H16N2O2. The second kappa shape index (κ2) is 6.12. The molecule has 4 heteroatoms. The molecule has 2 rings (SSSR count). The van der Waals surface area contributed by atoms with Gasteiger partial charge in [-0.15, -0.1) is 0 Å². The minimum absolute atomic E-state index is 0.135. The fraction of sp³-hybridized carbons (Fsp3) is 0.286. The molecule has 0 aliphatic carbocycles. The van der Waals surface area contributed by atoms with E-state index in [1.807, 2.05) is 24.3 Å². The zero-order valence-electron chi connectivity index (χ0n) is 10.3. The van der Waals surface area contributed by atoms with Crippen molar-refractivity contribution in [1.82, 2.24) is 9.97 Å². The van der Waals surface area contributed by atoms with Crippen molar-refractivity contribution < 1.29 is 9.84 Å². The Kier molecular flexibility index (Phi) is 4.25. The molecule has 0 radical (unpaired) electrons. The summed E-state index contributed by atoms with van der Waals surface area (Å²) in [7, 11) is 0. The van der Waals surface area contributed by atoms with Crippen molar-refractivity contribution in [3.05, 3.63) is 47.9 Å². The van der Waals surface area contributed by atoms with Crippen LogP contribution in [0.25, 0.3) is 0 Å². The Labute approximate surface area is 106 Å². The zero-order chi connectivity index (χ0) is 12.8. The molecule has 0 unspecified atom stereocenters. The molecule has 0 amide bonds. The van der Waals surface area contributed by atoms with Crippen LogP contribution in [0.1, 0.15) is 24.5 Å². The Morgan fingerprint density at radius 1 is 1.22 bits per heavy atom. The van der Waals surface area contributed by atoms with E-state index in [2.05, 4.69) is 16.9 Å². The first-order valence-corrected chi connectivity index (χ1v) is 6.00. The summed E-state index contributed by atoms with van der Waals surface area (Å²) in [4.78, 5) is 7.86. The third-order valence-electron chi connectivity index (χ3n) is 2.59. The second-order valence-corrected chi connectivity index (χ2v) is 4.01. The molecule has 2 aromatic rings. The molecule has 1 aromatic heterocycles. The summed E-state index contributed by atoms with van der Waals surface area (Å²) in [5, 5.41) is 9.15. The lowest BCUT2D eigenvalue weighted by molar-refractivity contribution is 0.274. The molecule has 0 spiro atoms. The molecule has 0 bridgehead atoms. The quantitative estimate of drug-likeness (QED) is 0.878. The lowest BCUT2D eigenvalue weighted by atomic mass is 10.1. The largest absolute Gasteiger partial charge is 0.439 e. The number of hydrogen-bond acceptors (Lipinski definition) is 4. The number of aromatic nitrogens is 2. The Morgan fingerprint density at radius 3 is 2.67 bits per heavy atom. The van der Waals surface area contributed by atoms with Gasteiger partial charge in [-0.1, -0.05) is 25.5 Å². The maximum Gasteiger partial charge on any atom is 0.227 e. The van der Waals surface area contributed by atoms with Gasteiger partial charge in [-0.05, 0) is 24.1 Å². The van der Waals surface area contributed by atoms with Gasteiger partial charge < -0.3 is 9.84 Å². The van der Waals surface area contributed by atoms with Crippen molar-refractivity contribution in [2.24, 2.45) is 0 Å². The van der Waals surface area contributed by atoms with Crippen LogP contribution in [0.5, 0.6) is 11.6 Å². The van der Waals surface area contributed by atoms with Gasteiger partial charge in [0.25, 0.3) is 0 Å². The Hall–Kier alpha value is -1.94. The number of ether oxygens (including phenoxy) is 1. The van der Waals surface area contributed by atoms with Crippen LogP contribution in [0, 0.1) is 0 Å². The van der Waals surface area contributed by atoms with Crippen LogP contribution in [0.3, 0.4) is 0 Å². The van der Waals surface area contributed by atoms with Crippen LogP contribution in [0.15, 0.2) is 36.8 Å². The average molecular weight is 244 g/mol. The predicted octanol–water partition coefficient (Wildman–Crippen LogP) is 2.71. The number of aryl methyl sites for hydroxylation is 1. The van der Waals surface area contributed by atoms with Crippen molar-refractivity contribution in [1.29, 1.82) is 0 Å². The van der Waals surface area contributed by atoms with Crippen molar-refractivity contribution in [3.8, 4) is 11.6 Å². The summed E-state index contributed by atoms with van der Waals surface area (Å²) in [6.45, 7) is 2.02. The topological polar surface area (TPSA) is 55.2 Å². The second-order valence-electron chi connectivity index (χ2n) is 4.01. The molecule has 4 nitrogen and oxygen atoms in total. The standard InChI is InChI=1S/C14H16N2O2/c1-2-3-11-4-6-13(7-5-11)18-14-12(9-17)8-15-10-16-14/h4-8,10,17H,2-3,9H2,1H3. The third-order valence-corrected chi connectivity index (χ3v) is 2.59. The summed E-state index contributed by atoms with van der Waals surface area (Å²) in [6.07, 6.45) is 5.14. The molecule has 0 saturated heterocycles. The molecular weight excluding hydrogens is 228 g/mol. The van der Waals surface area contributed by atoms with Crippen molar-refractivity contribution in [2.75, 3.05) is 0 Å². The van der Waals surface area contributed by atoms with Crippen molar-refractivity contribution in [2.45, 2.75) is 26.4 Å².